The van der Waals surface area contributed by atoms with E-state index in [2.05, 4.69) is 13.8 Å². The summed E-state index contributed by atoms with van der Waals surface area (Å²) < 4.78 is 6.51. The molecular formula is C15H26O2. The van der Waals surface area contributed by atoms with Gasteiger partial charge in [-0.15, -0.1) is 0 Å². The van der Waals surface area contributed by atoms with Crippen molar-refractivity contribution in [3.8, 4) is 0 Å². The fraction of sp³-hybridized carbons (Fsp3) is 1.00. The third kappa shape index (κ3) is 1.84. The summed E-state index contributed by atoms with van der Waals surface area (Å²) in [5.74, 6) is 1.05. The predicted molar refractivity (Wildman–Crippen MR) is 67.8 cm³/mol. The molecule has 17 heavy (non-hydrogen) atoms. The van der Waals surface area contributed by atoms with Crippen molar-refractivity contribution in [3.05, 3.63) is 0 Å². The van der Waals surface area contributed by atoms with Crippen molar-refractivity contribution >= 4 is 0 Å². The van der Waals surface area contributed by atoms with Gasteiger partial charge in [-0.25, -0.2) is 0 Å². The Kier molecular flexibility index (Phi) is 2.79. The van der Waals surface area contributed by atoms with Crippen LogP contribution in [0.4, 0.5) is 0 Å². The van der Waals surface area contributed by atoms with Crippen LogP contribution in [-0.4, -0.2) is 22.4 Å². The number of aliphatic hydroxyl groups excluding tert-OH is 1. The molecule has 0 radical (unpaired) electrons. The Hall–Kier alpha value is -0.0800. The average molecular weight is 238 g/mol. The first-order chi connectivity index (χ1) is 8.04. The van der Waals surface area contributed by atoms with Gasteiger partial charge in [0.2, 0.25) is 0 Å². The van der Waals surface area contributed by atoms with E-state index in [-0.39, 0.29) is 17.3 Å². The van der Waals surface area contributed by atoms with E-state index in [1.807, 2.05) is 0 Å². The first kappa shape index (κ1) is 12.0. The second kappa shape index (κ2) is 3.96. The zero-order valence-electron chi connectivity index (χ0n) is 11.2. The molecule has 0 aromatic heterocycles. The number of rotatable bonds is 1. The van der Waals surface area contributed by atoms with Gasteiger partial charge in [0.25, 0.3) is 0 Å². The van der Waals surface area contributed by atoms with Crippen molar-refractivity contribution in [2.75, 3.05) is 0 Å². The molecule has 2 heterocycles. The van der Waals surface area contributed by atoms with E-state index in [1.165, 1.54) is 38.5 Å². The first-order valence-corrected chi connectivity index (χ1v) is 7.42. The van der Waals surface area contributed by atoms with Crippen LogP contribution < -0.4 is 0 Å². The molecule has 2 aliphatic carbocycles. The molecule has 2 saturated carbocycles. The van der Waals surface area contributed by atoms with E-state index in [0.717, 1.165) is 12.8 Å². The number of fused-ring (bicyclic) bond motifs is 3. The molecule has 2 bridgehead atoms. The van der Waals surface area contributed by atoms with Crippen molar-refractivity contribution in [2.24, 2.45) is 11.8 Å². The summed E-state index contributed by atoms with van der Waals surface area (Å²) in [6.07, 6.45) is 9.83. The molecule has 2 saturated heterocycles. The molecule has 1 N–H and O–H groups in total. The van der Waals surface area contributed by atoms with Gasteiger partial charge >= 0.3 is 0 Å². The molecule has 0 amide bonds. The van der Waals surface area contributed by atoms with Gasteiger partial charge in [-0.1, -0.05) is 19.3 Å². The summed E-state index contributed by atoms with van der Waals surface area (Å²) in [7, 11) is 0. The predicted octanol–water partition coefficient (Wildman–Crippen LogP) is 3.28. The summed E-state index contributed by atoms with van der Waals surface area (Å²) in [6.45, 7) is 4.35. The van der Waals surface area contributed by atoms with Crippen LogP contribution in [0, 0.1) is 11.8 Å². The van der Waals surface area contributed by atoms with Gasteiger partial charge in [0.15, 0.2) is 0 Å². The van der Waals surface area contributed by atoms with Crippen molar-refractivity contribution in [2.45, 2.75) is 82.5 Å². The quantitative estimate of drug-likeness (QED) is 0.759. The minimum absolute atomic E-state index is 0.0120. The summed E-state index contributed by atoms with van der Waals surface area (Å²) >= 11 is 0. The fourth-order valence-corrected chi connectivity index (χ4v) is 4.78. The zero-order chi connectivity index (χ0) is 12.1. The van der Waals surface area contributed by atoms with Crippen molar-refractivity contribution in [1.29, 1.82) is 0 Å². The first-order valence-electron chi connectivity index (χ1n) is 7.42. The lowest BCUT2D eigenvalue weighted by Gasteiger charge is -2.60. The van der Waals surface area contributed by atoms with Gasteiger partial charge in [0.05, 0.1) is 17.3 Å². The Morgan fingerprint density at radius 1 is 1.06 bits per heavy atom. The van der Waals surface area contributed by atoms with Crippen molar-refractivity contribution in [3.63, 3.8) is 0 Å². The highest BCUT2D eigenvalue weighted by Crippen LogP contribution is 2.55. The maximum Gasteiger partial charge on any atom is 0.0742 e. The second-order valence-corrected chi connectivity index (χ2v) is 7.02. The van der Waals surface area contributed by atoms with Crippen LogP contribution in [0.2, 0.25) is 0 Å². The van der Waals surface area contributed by atoms with E-state index in [9.17, 15) is 5.11 Å². The van der Waals surface area contributed by atoms with Crippen molar-refractivity contribution < 1.29 is 9.84 Å². The third-order valence-corrected chi connectivity index (χ3v) is 5.61. The van der Waals surface area contributed by atoms with Gasteiger partial charge in [-0.2, -0.15) is 0 Å². The minimum atomic E-state index is -0.130. The maximum atomic E-state index is 10.4. The Bertz CT molecular complexity index is 293. The highest BCUT2D eigenvalue weighted by Gasteiger charge is 2.57. The largest absolute Gasteiger partial charge is 0.393 e. The topological polar surface area (TPSA) is 29.5 Å². The van der Waals surface area contributed by atoms with Gasteiger partial charge in [0, 0.05) is 12.3 Å². The van der Waals surface area contributed by atoms with E-state index >= 15 is 0 Å². The molecule has 0 aromatic rings. The monoisotopic (exact) mass is 238 g/mol. The van der Waals surface area contributed by atoms with Crippen LogP contribution in [0.25, 0.3) is 0 Å². The summed E-state index contributed by atoms with van der Waals surface area (Å²) in [5.41, 5.74) is -0.106. The maximum absolute atomic E-state index is 10.4. The molecule has 3 atom stereocenters. The van der Waals surface area contributed by atoms with Gasteiger partial charge in [-0.05, 0) is 45.4 Å². The lowest BCUT2D eigenvalue weighted by molar-refractivity contribution is -0.290. The Balaban J connectivity index is 1.85. The van der Waals surface area contributed by atoms with Crippen LogP contribution in [0.5, 0.6) is 0 Å². The molecule has 98 valence electrons. The normalized spacial score (nSPS) is 46.1. The highest BCUT2D eigenvalue weighted by molar-refractivity contribution is 5.07. The van der Waals surface area contributed by atoms with Crippen LogP contribution in [0.1, 0.15) is 65.2 Å². The molecule has 0 aromatic carbocycles. The van der Waals surface area contributed by atoms with Crippen LogP contribution in [0.3, 0.4) is 0 Å². The van der Waals surface area contributed by atoms with Crippen LogP contribution in [-0.2, 0) is 4.74 Å². The lowest BCUT2D eigenvalue weighted by Crippen LogP contribution is -2.63. The van der Waals surface area contributed by atoms with E-state index in [4.69, 9.17) is 4.74 Å². The summed E-state index contributed by atoms with van der Waals surface area (Å²) in [4.78, 5) is 0. The van der Waals surface area contributed by atoms with Gasteiger partial charge in [-0.3, -0.25) is 0 Å². The van der Waals surface area contributed by atoms with E-state index in [1.54, 1.807) is 0 Å². The number of hydrogen-bond donors (Lipinski definition) is 1. The standard InChI is InChI=1S/C15H26O2/c1-14(2)12-8-9-15(17-14,10-13(12)16)11-6-4-3-5-7-11/h11-13,16H,3-10H2,1-2H3. The minimum Gasteiger partial charge on any atom is -0.393 e. The Morgan fingerprint density at radius 2 is 1.76 bits per heavy atom. The fourth-order valence-electron chi connectivity index (χ4n) is 4.78. The Labute approximate surface area is 105 Å². The second-order valence-electron chi connectivity index (χ2n) is 7.02. The molecule has 4 aliphatic rings. The molecule has 4 fully saturated rings. The smallest absolute Gasteiger partial charge is 0.0742 e. The summed E-state index contributed by atoms with van der Waals surface area (Å²) in [5, 5.41) is 10.4. The van der Waals surface area contributed by atoms with Gasteiger partial charge in [0.1, 0.15) is 0 Å². The van der Waals surface area contributed by atoms with Gasteiger partial charge < -0.3 is 9.84 Å². The molecule has 4 rings (SSSR count). The average Bonchev–Trinajstić information content (AvgIpc) is 2.28. The van der Waals surface area contributed by atoms with Crippen LogP contribution >= 0.6 is 0 Å². The molecular weight excluding hydrogens is 212 g/mol. The lowest BCUT2D eigenvalue weighted by atomic mass is 9.60. The number of ether oxygens (including phenoxy) is 1. The molecule has 2 nitrogen and oxygen atoms in total. The zero-order valence-corrected chi connectivity index (χ0v) is 11.2. The van der Waals surface area contributed by atoms with Crippen molar-refractivity contribution in [1.82, 2.24) is 0 Å². The van der Waals surface area contributed by atoms with Crippen LogP contribution in [0.15, 0.2) is 0 Å². The molecule has 2 heteroatoms. The van der Waals surface area contributed by atoms with E-state index in [0.29, 0.717) is 11.8 Å². The molecule has 3 unspecified atom stereocenters. The third-order valence-electron chi connectivity index (χ3n) is 5.61. The number of hydrogen-bond acceptors (Lipinski definition) is 2. The van der Waals surface area contributed by atoms with E-state index < -0.39 is 0 Å². The molecule has 2 aliphatic heterocycles. The number of aliphatic hydroxyl groups is 1. The SMILES string of the molecule is CC1(C)OC2(C3CCCCC3)CCC1C(O)C2. The highest BCUT2D eigenvalue weighted by atomic mass is 16.5. The molecule has 0 spiro atoms. The summed E-state index contributed by atoms with van der Waals surface area (Å²) in [6, 6.07) is 0. The Morgan fingerprint density at radius 3 is 2.35 bits per heavy atom.